The topological polar surface area (TPSA) is 110 Å². The molecular weight excluding hydrogens is 971 g/mol. The summed E-state index contributed by atoms with van der Waals surface area (Å²) in [5.74, 6) is -0.594. The zero-order valence-corrected chi connectivity index (χ0v) is 53.1. The van der Waals surface area contributed by atoms with Gasteiger partial charge in [0.25, 0.3) is 0 Å². The average Bonchev–Trinajstić information content (AvgIpc) is 3.45. The molecule has 6 nitrogen and oxygen atoms in total. The van der Waals surface area contributed by atoms with Crippen LogP contribution >= 0.6 is 0 Å². The lowest BCUT2D eigenvalue weighted by molar-refractivity contribution is -0.132. The Morgan fingerprint density at radius 3 is 0.797 bits per heavy atom. The number of unbranched alkanes of at least 4 members (excludes halogenated alkanes) is 49. The molecule has 0 aromatic carbocycles. The second-order valence-corrected chi connectivity index (χ2v) is 24.6. The molecule has 0 heterocycles. The third kappa shape index (κ3) is 60.7. The molecule has 0 aliphatic rings. The van der Waals surface area contributed by atoms with Crippen LogP contribution in [0.1, 0.15) is 380 Å². The quantitative estimate of drug-likeness (QED) is 0.0308. The van der Waals surface area contributed by atoms with Gasteiger partial charge < -0.3 is 25.7 Å². The molecule has 0 fully saturated rings. The average molecular weight is 1110 g/mol. The zero-order chi connectivity index (χ0) is 57.3. The van der Waals surface area contributed by atoms with Crippen LogP contribution in [-0.4, -0.2) is 57.3 Å². The molecule has 79 heavy (non-hydrogen) atoms. The summed E-state index contributed by atoms with van der Waals surface area (Å²) in [6.07, 6.45) is 88.2. The summed E-state index contributed by atoms with van der Waals surface area (Å²) in [6.45, 7) is 4.09. The Labute approximate surface area is 493 Å². The van der Waals surface area contributed by atoms with E-state index in [0.717, 1.165) is 51.4 Å². The largest absolute Gasteiger partial charge is 0.394 e. The molecule has 0 aliphatic carbocycles. The SMILES string of the molecule is CCCCCCCCCCCCCC/C=C\CCCCCCCCCCCCCCCCCCC(O)C(=O)NC(CO)C(O)C(O)CCC/C=C/CC/C=C/CC/C=C/CCCCCCCCCCCCCCCCCCCC. The van der Waals surface area contributed by atoms with Gasteiger partial charge in [-0.1, -0.05) is 339 Å². The number of amides is 1. The number of hydrogen-bond acceptors (Lipinski definition) is 5. The van der Waals surface area contributed by atoms with Crippen LogP contribution in [-0.2, 0) is 4.79 Å². The van der Waals surface area contributed by atoms with Crippen molar-refractivity contribution in [2.24, 2.45) is 0 Å². The zero-order valence-electron chi connectivity index (χ0n) is 53.1. The normalized spacial score (nSPS) is 13.7. The van der Waals surface area contributed by atoms with Crippen LogP contribution < -0.4 is 5.32 Å². The monoisotopic (exact) mass is 1110 g/mol. The number of aliphatic hydroxyl groups excluding tert-OH is 4. The summed E-state index contributed by atoms with van der Waals surface area (Å²) >= 11 is 0. The fraction of sp³-hybridized carbons (Fsp3) is 0.877. The number of carbonyl (C=O) groups is 1. The third-order valence-corrected chi connectivity index (χ3v) is 16.7. The second kappa shape index (κ2) is 67.1. The van der Waals surface area contributed by atoms with Gasteiger partial charge in [0.15, 0.2) is 0 Å². The molecule has 1 amide bonds. The summed E-state index contributed by atoms with van der Waals surface area (Å²) < 4.78 is 0. The van der Waals surface area contributed by atoms with E-state index in [-0.39, 0.29) is 0 Å². The highest BCUT2D eigenvalue weighted by Crippen LogP contribution is 2.19. The minimum absolute atomic E-state index is 0.360. The van der Waals surface area contributed by atoms with Gasteiger partial charge in [-0.3, -0.25) is 4.79 Å². The number of hydrogen-bond donors (Lipinski definition) is 5. The highest BCUT2D eigenvalue weighted by Gasteiger charge is 2.28. The van der Waals surface area contributed by atoms with Gasteiger partial charge in [0, 0.05) is 0 Å². The smallest absolute Gasteiger partial charge is 0.249 e. The van der Waals surface area contributed by atoms with E-state index in [0.29, 0.717) is 19.3 Å². The van der Waals surface area contributed by atoms with Gasteiger partial charge in [-0.15, -0.1) is 0 Å². The molecule has 0 saturated heterocycles. The molecule has 0 aliphatic heterocycles. The van der Waals surface area contributed by atoms with Crippen molar-refractivity contribution in [1.29, 1.82) is 0 Å². The third-order valence-electron chi connectivity index (χ3n) is 16.7. The highest BCUT2D eigenvalue weighted by molar-refractivity contribution is 5.80. The van der Waals surface area contributed by atoms with E-state index < -0.39 is 36.9 Å². The van der Waals surface area contributed by atoms with E-state index in [9.17, 15) is 25.2 Å². The molecule has 0 aromatic heterocycles. The predicted molar refractivity (Wildman–Crippen MR) is 348 cm³/mol. The fourth-order valence-electron chi connectivity index (χ4n) is 11.2. The van der Waals surface area contributed by atoms with Crippen molar-refractivity contribution >= 4 is 5.91 Å². The minimum atomic E-state index is -1.30. The van der Waals surface area contributed by atoms with Crippen molar-refractivity contribution < 1.29 is 25.2 Å². The molecule has 0 radical (unpaired) electrons. The number of allylic oxidation sites excluding steroid dienone is 8. The molecule has 5 N–H and O–H groups in total. The molecular formula is C73H139NO5. The maximum atomic E-state index is 12.7. The van der Waals surface area contributed by atoms with Gasteiger partial charge >= 0.3 is 0 Å². The first-order valence-electron chi connectivity index (χ1n) is 35.5. The van der Waals surface area contributed by atoms with Gasteiger partial charge in [-0.05, 0) is 89.9 Å². The van der Waals surface area contributed by atoms with E-state index in [1.165, 1.54) is 295 Å². The molecule has 4 unspecified atom stereocenters. The Morgan fingerprint density at radius 2 is 0.532 bits per heavy atom. The van der Waals surface area contributed by atoms with E-state index >= 15 is 0 Å². The Balaban J connectivity index is 3.61. The van der Waals surface area contributed by atoms with E-state index in [4.69, 9.17) is 0 Å². The highest BCUT2D eigenvalue weighted by atomic mass is 16.3. The van der Waals surface area contributed by atoms with E-state index in [2.05, 4.69) is 67.8 Å². The lowest BCUT2D eigenvalue weighted by Gasteiger charge is -2.27. The first-order chi connectivity index (χ1) is 39.0. The summed E-state index contributed by atoms with van der Waals surface area (Å²) in [5, 5.41) is 44.2. The summed E-state index contributed by atoms with van der Waals surface area (Å²) in [7, 11) is 0. The maximum absolute atomic E-state index is 12.7. The minimum Gasteiger partial charge on any atom is -0.394 e. The molecule has 466 valence electrons. The number of carbonyl (C=O) groups excluding carboxylic acids is 1. The predicted octanol–water partition coefficient (Wildman–Crippen LogP) is 22.0. The molecule has 0 saturated carbocycles. The number of nitrogens with one attached hydrogen (secondary N) is 1. The van der Waals surface area contributed by atoms with Gasteiger partial charge in [0.1, 0.15) is 12.2 Å². The Bertz CT molecular complexity index is 1290. The van der Waals surface area contributed by atoms with Crippen molar-refractivity contribution in [2.75, 3.05) is 6.61 Å². The van der Waals surface area contributed by atoms with Gasteiger partial charge in [0.2, 0.25) is 5.91 Å². The Kier molecular flexibility index (Phi) is 65.6. The summed E-state index contributed by atoms with van der Waals surface area (Å²) in [5.41, 5.74) is 0. The molecule has 0 aromatic rings. The maximum Gasteiger partial charge on any atom is 0.249 e. The number of rotatable bonds is 66. The van der Waals surface area contributed by atoms with Crippen LogP contribution in [0.5, 0.6) is 0 Å². The molecule has 6 heteroatoms. The van der Waals surface area contributed by atoms with Crippen LogP contribution in [0.15, 0.2) is 48.6 Å². The van der Waals surface area contributed by atoms with E-state index in [1.807, 2.05) is 0 Å². The van der Waals surface area contributed by atoms with Crippen molar-refractivity contribution in [3.05, 3.63) is 48.6 Å². The van der Waals surface area contributed by atoms with E-state index in [1.54, 1.807) is 0 Å². The summed E-state index contributed by atoms with van der Waals surface area (Å²) in [6, 6.07) is -1.01. The fourth-order valence-corrected chi connectivity index (χ4v) is 11.2. The summed E-state index contributed by atoms with van der Waals surface area (Å²) in [4.78, 5) is 12.7. The Morgan fingerprint density at radius 1 is 0.304 bits per heavy atom. The standard InChI is InChI=1S/C73H139NO5/c1-3-5-7-9-11-13-15-17-19-21-23-25-27-29-31-33-35-37-39-41-43-45-47-49-51-53-55-57-59-61-63-65-67-71(77)73(79)74-69(68-75)72(78)70(76)66-64-62-60-58-56-54-52-50-48-46-44-42-40-38-36-34-32-30-28-26-24-22-20-18-16-14-12-10-8-6-4-2/h29,31,42,44,50,52,58,60,69-72,75-78H,3-28,30,32-41,43,45-49,51,53-57,59,61-68H2,1-2H3,(H,74,79)/b31-29-,44-42+,52-50+,60-58+. The van der Waals surface area contributed by atoms with Crippen LogP contribution in [0.3, 0.4) is 0 Å². The first-order valence-corrected chi connectivity index (χ1v) is 35.5. The van der Waals surface area contributed by atoms with Crippen LogP contribution in [0.2, 0.25) is 0 Å². The van der Waals surface area contributed by atoms with Crippen LogP contribution in [0.25, 0.3) is 0 Å². The van der Waals surface area contributed by atoms with Crippen molar-refractivity contribution in [3.63, 3.8) is 0 Å². The van der Waals surface area contributed by atoms with Gasteiger partial charge in [-0.25, -0.2) is 0 Å². The molecule has 0 spiro atoms. The molecule has 0 rings (SSSR count). The lowest BCUT2D eigenvalue weighted by atomic mass is 10.00. The molecule has 4 atom stereocenters. The van der Waals surface area contributed by atoms with Crippen LogP contribution in [0.4, 0.5) is 0 Å². The Hall–Kier alpha value is -1.73. The lowest BCUT2D eigenvalue weighted by Crippen LogP contribution is -2.53. The molecule has 0 bridgehead atoms. The van der Waals surface area contributed by atoms with Crippen molar-refractivity contribution in [3.8, 4) is 0 Å². The second-order valence-electron chi connectivity index (χ2n) is 24.6. The van der Waals surface area contributed by atoms with Crippen LogP contribution in [0, 0.1) is 0 Å². The number of aliphatic hydroxyl groups is 4. The van der Waals surface area contributed by atoms with Crippen molar-refractivity contribution in [1.82, 2.24) is 5.32 Å². The van der Waals surface area contributed by atoms with Crippen molar-refractivity contribution in [2.45, 2.75) is 404 Å². The van der Waals surface area contributed by atoms with Gasteiger partial charge in [0.05, 0.1) is 18.8 Å². The van der Waals surface area contributed by atoms with Gasteiger partial charge in [-0.2, -0.15) is 0 Å². The first kappa shape index (κ1) is 77.3.